The lowest BCUT2D eigenvalue weighted by Gasteiger charge is -2.33. The maximum absolute atomic E-state index is 6.83. The van der Waals surface area contributed by atoms with Gasteiger partial charge in [-0.15, -0.1) is 0 Å². The molecule has 87 heavy (non-hydrogen) atoms. The molecule has 4 nitrogen and oxygen atoms in total. The highest BCUT2D eigenvalue weighted by atomic mass is 16.3. The SMILES string of the molecule is CC(C)c1ccc(N(c2ccc3c4c(ccc3c2)-c2ccc3cc(N(c5ccc(C(C)C)cc5)c5cccc6c5oc5ccccc56)ccc3c2C42c3ccc(C(C)(C)C)cc3-c3cc(C(C)(C)C)ccc32)c2cccc3c2oc2ccccc23)cc1. The van der Waals surface area contributed by atoms with Crippen LogP contribution in [0, 0.1) is 0 Å². The summed E-state index contributed by atoms with van der Waals surface area (Å²) in [6, 6.07) is 87.0. The Kier molecular flexibility index (Phi) is 11.7. The number of para-hydroxylation sites is 4. The predicted octanol–water partition coefficient (Wildman–Crippen LogP) is 23.9. The molecule has 0 unspecified atom stereocenters. The zero-order chi connectivity index (χ0) is 59.4. The second-order valence-corrected chi connectivity index (χ2v) is 27.2. The van der Waals surface area contributed by atoms with Crippen molar-refractivity contribution in [2.75, 3.05) is 9.80 Å². The van der Waals surface area contributed by atoms with Crippen molar-refractivity contribution in [3.8, 4) is 22.3 Å². The van der Waals surface area contributed by atoms with Gasteiger partial charge in [0.1, 0.15) is 11.2 Å². The third-order valence-corrected chi connectivity index (χ3v) is 19.3. The van der Waals surface area contributed by atoms with Gasteiger partial charge in [-0.3, -0.25) is 0 Å². The summed E-state index contributed by atoms with van der Waals surface area (Å²) in [4.78, 5) is 4.80. The maximum Gasteiger partial charge on any atom is 0.159 e. The van der Waals surface area contributed by atoms with E-state index in [1.54, 1.807) is 0 Å². The van der Waals surface area contributed by atoms with Gasteiger partial charge in [0, 0.05) is 44.3 Å². The number of anilines is 6. The molecule has 2 aliphatic carbocycles. The van der Waals surface area contributed by atoms with E-state index in [2.05, 4.69) is 310 Å². The minimum atomic E-state index is -0.678. The van der Waals surface area contributed by atoms with Crippen molar-refractivity contribution in [2.24, 2.45) is 0 Å². The molecule has 2 aliphatic rings. The predicted molar refractivity (Wildman–Crippen MR) is 367 cm³/mol. The number of benzene rings is 12. The second-order valence-electron chi connectivity index (χ2n) is 27.2. The van der Waals surface area contributed by atoms with E-state index in [9.17, 15) is 0 Å². The van der Waals surface area contributed by atoms with Gasteiger partial charge in [-0.2, -0.15) is 0 Å². The van der Waals surface area contributed by atoms with Crippen LogP contribution in [0.1, 0.15) is 126 Å². The molecule has 0 amide bonds. The molecule has 0 saturated heterocycles. The molecule has 0 aliphatic heterocycles. The fourth-order valence-corrected chi connectivity index (χ4v) is 14.8. The average molecular weight is 1130 g/mol. The van der Waals surface area contributed by atoms with Crippen molar-refractivity contribution >= 4 is 99.5 Å². The van der Waals surface area contributed by atoms with Crippen LogP contribution < -0.4 is 9.80 Å². The van der Waals surface area contributed by atoms with E-state index in [1.807, 2.05) is 0 Å². The standard InChI is InChI=1S/C83H70N2O2/c1-49(2)51-25-33-57(34-26-51)84(73-21-15-19-67-63-17-11-13-23-75(63)86-79(67)73)59-37-41-61-53(45-59)29-39-65-66-40-30-54-46-60(85(58-35-27-52(28-36-58)50(3)4)74-22-16-20-68-64-18-12-14-24-76(64)87-80(68)74)38-42-62(54)78(66)83(77(61)65)71-43-31-55(81(5,6)7)47-69(71)70-48-56(82(8,9)10)32-44-72(70)83/h11-50H,1-10H3. The van der Waals surface area contributed by atoms with Crippen molar-refractivity contribution in [1.82, 2.24) is 0 Å². The van der Waals surface area contributed by atoms with Crippen LogP contribution in [0.15, 0.2) is 239 Å². The average Bonchev–Trinajstić information content (AvgIpc) is 1.50. The summed E-state index contributed by atoms with van der Waals surface area (Å²) in [5.41, 5.74) is 24.7. The van der Waals surface area contributed by atoms with Gasteiger partial charge in [0.25, 0.3) is 0 Å². The lowest BCUT2D eigenvalue weighted by molar-refractivity contribution is 0.589. The lowest BCUT2D eigenvalue weighted by Crippen LogP contribution is -2.27. The zero-order valence-corrected chi connectivity index (χ0v) is 51.3. The van der Waals surface area contributed by atoms with Crippen LogP contribution in [0.2, 0.25) is 0 Å². The summed E-state index contributed by atoms with van der Waals surface area (Å²) in [6.07, 6.45) is 0. The molecule has 0 radical (unpaired) electrons. The highest BCUT2D eigenvalue weighted by Crippen LogP contribution is 2.66. The molecule has 16 rings (SSSR count). The molecule has 2 aromatic heterocycles. The van der Waals surface area contributed by atoms with Crippen LogP contribution in [-0.2, 0) is 16.2 Å². The number of rotatable bonds is 8. The molecule has 0 bridgehead atoms. The molecule has 1 spiro atoms. The smallest absolute Gasteiger partial charge is 0.159 e. The molecular formula is C83H70N2O2. The first-order valence-electron chi connectivity index (χ1n) is 31.1. The molecule has 0 fully saturated rings. The van der Waals surface area contributed by atoms with Crippen LogP contribution in [-0.4, -0.2) is 0 Å². The van der Waals surface area contributed by atoms with Crippen molar-refractivity contribution < 1.29 is 8.83 Å². The minimum absolute atomic E-state index is 0.0639. The molecule has 14 aromatic rings. The monoisotopic (exact) mass is 1130 g/mol. The third kappa shape index (κ3) is 7.96. The molecular weight excluding hydrogens is 1060 g/mol. The van der Waals surface area contributed by atoms with Crippen LogP contribution in [0.25, 0.3) is 87.7 Å². The summed E-state index contributed by atoms with van der Waals surface area (Å²) >= 11 is 0. The fourth-order valence-electron chi connectivity index (χ4n) is 14.8. The van der Waals surface area contributed by atoms with Crippen molar-refractivity contribution in [3.05, 3.63) is 275 Å². The molecule has 0 N–H and O–H groups in total. The minimum Gasteiger partial charge on any atom is -0.454 e. The quantitative estimate of drug-likeness (QED) is 0.152. The van der Waals surface area contributed by atoms with Crippen molar-refractivity contribution in [2.45, 2.75) is 97.3 Å². The molecule has 0 atom stereocenters. The number of hydrogen-bond donors (Lipinski definition) is 0. The van der Waals surface area contributed by atoms with E-state index in [-0.39, 0.29) is 10.8 Å². The van der Waals surface area contributed by atoms with Crippen molar-refractivity contribution in [3.63, 3.8) is 0 Å². The summed E-state index contributed by atoms with van der Waals surface area (Å²) in [6.45, 7) is 23.1. The summed E-state index contributed by atoms with van der Waals surface area (Å²) in [5, 5.41) is 9.26. The fraction of sp³-hybridized carbons (Fsp3) is 0.181. The number of furan rings is 2. The second kappa shape index (κ2) is 19.2. The van der Waals surface area contributed by atoms with Crippen LogP contribution in [0.3, 0.4) is 0 Å². The Morgan fingerprint density at radius 2 is 0.724 bits per heavy atom. The van der Waals surface area contributed by atoms with Gasteiger partial charge in [-0.1, -0.05) is 227 Å². The van der Waals surface area contributed by atoms with Crippen LogP contribution in [0.5, 0.6) is 0 Å². The molecule has 424 valence electrons. The Labute approximate surface area is 509 Å². The maximum atomic E-state index is 6.83. The molecule has 2 heterocycles. The molecule has 0 saturated carbocycles. The number of nitrogens with zero attached hydrogens (tertiary/aromatic N) is 2. The van der Waals surface area contributed by atoms with E-state index in [1.165, 1.54) is 88.3 Å². The number of hydrogen-bond acceptors (Lipinski definition) is 4. The van der Waals surface area contributed by atoms with Crippen LogP contribution >= 0.6 is 0 Å². The third-order valence-electron chi connectivity index (χ3n) is 19.3. The van der Waals surface area contributed by atoms with Gasteiger partial charge in [-0.05, 0) is 184 Å². The Morgan fingerprint density at radius 3 is 1.13 bits per heavy atom. The van der Waals surface area contributed by atoms with Gasteiger partial charge in [-0.25, -0.2) is 0 Å². The Bertz CT molecular complexity index is 4810. The Balaban J connectivity index is 0.954. The van der Waals surface area contributed by atoms with Gasteiger partial charge in [0.15, 0.2) is 11.2 Å². The normalized spacial score (nSPS) is 13.5. The van der Waals surface area contributed by atoms with E-state index in [0.717, 1.165) is 78.0 Å². The van der Waals surface area contributed by atoms with Gasteiger partial charge >= 0.3 is 0 Å². The Hall–Kier alpha value is -9.64. The van der Waals surface area contributed by atoms with Gasteiger partial charge < -0.3 is 18.6 Å². The largest absolute Gasteiger partial charge is 0.454 e. The highest BCUT2D eigenvalue weighted by Gasteiger charge is 2.54. The van der Waals surface area contributed by atoms with Crippen molar-refractivity contribution in [1.29, 1.82) is 0 Å². The van der Waals surface area contributed by atoms with Gasteiger partial charge in [0.2, 0.25) is 0 Å². The first-order valence-corrected chi connectivity index (χ1v) is 31.1. The highest BCUT2D eigenvalue weighted by molar-refractivity contribution is 6.14. The van der Waals surface area contributed by atoms with E-state index in [4.69, 9.17) is 8.83 Å². The first kappa shape index (κ1) is 52.9. The summed E-state index contributed by atoms with van der Waals surface area (Å²) in [7, 11) is 0. The number of fused-ring (bicyclic) bond motifs is 20. The first-order chi connectivity index (χ1) is 42.0. The van der Waals surface area contributed by atoms with Gasteiger partial charge in [0.05, 0.1) is 16.8 Å². The van der Waals surface area contributed by atoms with Crippen LogP contribution in [0.4, 0.5) is 34.1 Å². The summed E-state index contributed by atoms with van der Waals surface area (Å²) in [5.74, 6) is 0.809. The van der Waals surface area contributed by atoms with E-state index < -0.39 is 5.41 Å². The molecule has 12 aromatic carbocycles. The summed E-state index contributed by atoms with van der Waals surface area (Å²) < 4.78 is 13.7. The topological polar surface area (TPSA) is 32.8 Å². The van der Waals surface area contributed by atoms with E-state index >= 15 is 0 Å². The zero-order valence-electron chi connectivity index (χ0n) is 51.3. The van der Waals surface area contributed by atoms with E-state index in [0.29, 0.717) is 11.8 Å². The molecule has 4 heteroatoms. The Morgan fingerprint density at radius 1 is 0.333 bits per heavy atom. The lowest BCUT2D eigenvalue weighted by atomic mass is 9.68.